The lowest BCUT2D eigenvalue weighted by molar-refractivity contribution is -0.143. The van der Waals surface area contributed by atoms with E-state index < -0.39 is 33.9 Å². The molecule has 8 N–H and O–H groups in total. The Bertz CT molecular complexity index is 1810. The third-order valence-electron chi connectivity index (χ3n) is 8.31. The fraction of sp³-hybridized carbons (Fsp3) is 0.375. The van der Waals surface area contributed by atoms with Gasteiger partial charge in [0.2, 0.25) is 0 Å². The Morgan fingerprint density at radius 3 is 2.56 bits per heavy atom. The Morgan fingerprint density at radius 1 is 1.08 bits per heavy atom. The first-order valence-corrected chi connectivity index (χ1v) is 17.8. The number of aliphatic carboxylic acids is 2. The molecule has 3 aromatic rings. The molecule has 256 valence electrons. The maximum Gasteiger partial charge on any atom is 0.326 e. The summed E-state index contributed by atoms with van der Waals surface area (Å²) in [5, 5.41) is 22.9. The highest BCUT2D eigenvalue weighted by molar-refractivity contribution is 7.92. The summed E-state index contributed by atoms with van der Waals surface area (Å²) in [5.41, 5.74) is 13.9. The van der Waals surface area contributed by atoms with Crippen LogP contribution in [0.2, 0.25) is 0 Å². The number of amides is 1. The number of hydrogen-bond acceptors (Lipinski definition) is 9. The van der Waals surface area contributed by atoms with Gasteiger partial charge in [0.15, 0.2) is 5.96 Å². The normalized spacial score (nSPS) is 15.6. The molecule has 5 rings (SSSR count). The van der Waals surface area contributed by atoms with E-state index in [4.69, 9.17) is 16.2 Å². The molecule has 3 heterocycles. The topological polar surface area (TPSA) is 227 Å². The minimum Gasteiger partial charge on any atom is -0.492 e. The number of aliphatic imine (C=N–C) groups is 1. The molecule has 1 aromatic heterocycles. The van der Waals surface area contributed by atoms with Gasteiger partial charge in [-0.2, -0.15) is 0 Å². The van der Waals surface area contributed by atoms with Crippen LogP contribution in [-0.2, 0) is 32.6 Å². The number of nitrogens with one attached hydrogen (secondary N) is 2. The maximum absolute atomic E-state index is 13.9. The number of sulfonamides is 1. The number of carboxylic acid groups (broad SMARTS) is 2. The zero-order chi connectivity index (χ0) is 34.4. The molecule has 0 bridgehead atoms. The van der Waals surface area contributed by atoms with Crippen LogP contribution in [0.25, 0.3) is 11.1 Å². The molecule has 2 aliphatic rings. The quantitative estimate of drug-likeness (QED) is 0.0815. The minimum absolute atomic E-state index is 0.00264. The molecule has 48 heavy (non-hydrogen) atoms. The number of carbonyl (C=O) groups excluding carboxylic acids is 1. The molecule has 14 nitrogen and oxygen atoms in total. The highest BCUT2D eigenvalue weighted by atomic mass is 32.2. The Hall–Kier alpha value is -4.67. The van der Waals surface area contributed by atoms with E-state index in [0.717, 1.165) is 28.0 Å². The third kappa shape index (κ3) is 8.42. The van der Waals surface area contributed by atoms with Crippen molar-refractivity contribution in [2.75, 3.05) is 31.0 Å². The zero-order valence-corrected chi connectivity index (χ0v) is 27.7. The molecule has 0 radical (unpaired) electrons. The van der Waals surface area contributed by atoms with E-state index in [9.17, 15) is 33.0 Å². The van der Waals surface area contributed by atoms with Gasteiger partial charge in [-0.1, -0.05) is 18.2 Å². The van der Waals surface area contributed by atoms with Crippen LogP contribution in [0.5, 0.6) is 5.75 Å². The monoisotopic (exact) mass is 698 g/mol. The molecule has 2 aromatic carbocycles. The standard InChI is InChI=1S/C32H38N6O8S2/c33-32(34)35-10-2-5-25(31(42)43)36-29(39)28-24(9-14-47-28)37-48(44,45)26-17-23(16-22-8-13-46-27(22)26)21-4-1-3-19(15-21)18-38-11-6-20(7-12-38)30(40)41/h1,3-4,9,14-17,20,25,37H,2,5-8,10-13,18H2,(H,36,39)(H,40,41)(H,42,43)(H4,33,34,35). The summed E-state index contributed by atoms with van der Waals surface area (Å²) >= 11 is 0.971. The number of piperidine rings is 1. The van der Waals surface area contributed by atoms with Gasteiger partial charge in [0, 0.05) is 19.5 Å². The van der Waals surface area contributed by atoms with Gasteiger partial charge >= 0.3 is 11.9 Å². The first-order valence-electron chi connectivity index (χ1n) is 15.4. The minimum atomic E-state index is -4.27. The summed E-state index contributed by atoms with van der Waals surface area (Å²) in [6.45, 7) is 2.52. The van der Waals surface area contributed by atoms with Crippen LogP contribution in [0.15, 0.2) is 57.7 Å². The van der Waals surface area contributed by atoms with E-state index in [1.165, 1.54) is 11.4 Å². The van der Waals surface area contributed by atoms with Gasteiger partial charge in [-0.3, -0.25) is 24.2 Å². The van der Waals surface area contributed by atoms with Crippen LogP contribution in [0.3, 0.4) is 0 Å². The van der Waals surface area contributed by atoms with Crippen molar-refractivity contribution in [2.24, 2.45) is 22.4 Å². The summed E-state index contributed by atoms with van der Waals surface area (Å²) < 4.78 is 36.1. The van der Waals surface area contributed by atoms with E-state index >= 15 is 0 Å². The summed E-state index contributed by atoms with van der Waals surface area (Å²) in [5.74, 6) is -2.93. The van der Waals surface area contributed by atoms with Gasteiger partial charge in [-0.15, -0.1) is 11.3 Å². The number of carboxylic acids is 2. The van der Waals surface area contributed by atoms with E-state index in [-0.39, 0.29) is 46.1 Å². The number of ether oxygens (including phenoxy) is 1. The summed E-state index contributed by atoms with van der Waals surface area (Å²) in [6.07, 6.45) is 2.08. The zero-order valence-electron chi connectivity index (χ0n) is 26.1. The Labute approximate surface area is 281 Å². The van der Waals surface area contributed by atoms with E-state index in [1.54, 1.807) is 6.07 Å². The van der Waals surface area contributed by atoms with Gasteiger partial charge in [0.05, 0.1) is 18.2 Å². The summed E-state index contributed by atoms with van der Waals surface area (Å²) in [4.78, 5) is 42.2. The number of fused-ring (bicyclic) bond motifs is 1. The van der Waals surface area contributed by atoms with Crippen molar-refractivity contribution in [3.8, 4) is 16.9 Å². The second-order valence-electron chi connectivity index (χ2n) is 11.7. The number of carbonyl (C=O) groups is 3. The molecule has 1 unspecified atom stereocenters. The molecule has 0 spiro atoms. The number of thiophene rings is 1. The second kappa shape index (κ2) is 15.0. The Balaban J connectivity index is 1.34. The predicted molar refractivity (Wildman–Crippen MR) is 181 cm³/mol. The number of nitrogens with two attached hydrogens (primary N) is 2. The number of benzene rings is 2. The van der Waals surface area contributed by atoms with Crippen molar-refractivity contribution in [2.45, 2.75) is 49.6 Å². The molecule has 1 atom stereocenters. The van der Waals surface area contributed by atoms with Gasteiger partial charge in [-0.25, -0.2) is 13.2 Å². The smallest absolute Gasteiger partial charge is 0.326 e. The molecule has 2 aliphatic heterocycles. The maximum atomic E-state index is 13.9. The third-order valence-corrected chi connectivity index (χ3v) is 10.6. The number of hydrogen-bond donors (Lipinski definition) is 6. The van der Waals surface area contributed by atoms with E-state index in [1.807, 2.05) is 30.3 Å². The first-order chi connectivity index (χ1) is 22.9. The van der Waals surface area contributed by atoms with Crippen molar-refractivity contribution in [3.63, 3.8) is 0 Å². The summed E-state index contributed by atoms with van der Waals surface area (Å²) in [7, 11) is -4.27. The Morgan fingerprint density at radius 2 is 1.85 bits per heavy atom. The van der Waals surface area contributed by atoms with Crippen LogP contribution < -0.4 is 26.2 Å². The van der Waals surface area contributed by atoms with E-state index in [2.05, 4.69) is 19.9 Å². The second-order valence-corrected chi connectivity index (χ2v) is 14.3. The van der Waals surface area contributed by atoms with Crippen molar-refractivity contribution < 1.29 is 37.8 Å². The molecule has 1 saturated heterocycles. The lowest BCUT2D eigenvalue weighted by Crippen LogP contribution is -2.40. The number of nitrogens with zero attached hydrogens (tertiary/aromatic N) is 2. The average molecular weight is 699 g/mol. The van der Waals surface area contributed by atoms with Crippen molar-refractivity contribution in [3.05, 3.63) is 63.8 Å². The van der Waals surface area contributed by atoms with Gasteiger partial charge in [0.1, 0.15) is 21.6 Å². The lowest BCUT2D eigenvalue weighted by atomic mass is 9.96. The Kier molecular flexibility index (Phi) is 10.9. The number of rotatable bonds is 14. The molecule has 0 saturated carbocycles. The van der Waals surface area contributed by atoms with Crippen LogP contribution in [0.1, 0.15) is 46.5 Å². The molecular formula is C32H38N6O8S2. The molecule has 1 fully saturated rings. The molecular weight excluding hydrogens is 661 g/mol. The fourth-order valence-electron chi connectivity index (χ4n) is 5.83. The van der Waals surface area contributed by atoms with E-state index in [0.29, 0.717) is 57.5 Å². The SMILES string of the molecule is NC(N)=NCCCC(NC(=O)c1sccc1NS(=O)(=O)c1cc(-c2cccc(CN3CCC(C(=O)O)CC3)c2)cc2c1OCC2)C(=O)O. The summed E-state index contributed by atoms with van der Waals surface area (Å²) in [6, 6.07) is 11.5. The number of guanidine groups is 1. The lowest BCUT2D eigenvalue weighted by Gasteiger charge is -2.30. The van der Waals surface area contributed by atoms with Gasteiger partial charge in [0.25, 0.3) is 15.9 Å². The molecule has 0 aliphatic carbocycles. The van der Waals surface area contributed by atoms with Crippen molar-refractivity contribution in [1.82, 2.24) is 10.2 Å². The van der Waals surface area contributed by atoms with Crippen molar-refractivity contribution in [1.29, 1.82) is 0 Å². The number of likely N-dealkylation sites (tertiary alicyclic amines) is 1. The highest BCUT2D eigenvalue weighted by Crippen LogP contribution is 2.39. The largest absolute Gasteiger partial charge is 0.492 e. The average Bonchev–Trinajstić information content (AvgIpc) is 3.71. The van der Waals surface area contributed by atoms with Gasteiger partial charge < -0.3 is 31.7 Å². The van der Waals surface area contributed by atoms with Crippen LogP contribution in [-0.4, -0.2) is 79.6 Å². The van der Waals surface area contributed by atoms with Crippen LogP contribution >= 0.6 is 11.3 Å². The highest BCUT2D eigenvalue weighted by Gasteiger charge is 2.30. The predicted octanol–water partition coefficient (Wildman–Crippen LogP) is 2.68. The van der Waals surface area contributed by atoms with Crippen LogP contribution in [0.4, 0.5) is 5.69 Å². The van der Waals surface area contributed by atoms with Crippen molar-refractivity contribution >= 4 is 50.9 Å². The number of anilines is 1. The van der Waals surface area contributed by atoms with Gasteiger partial charge in [-0.05, 0) is 90.7 Å². The molecule has 1 amide bonds. The van der Waals surface area contributed by atoms with Crippen LogP contribution in [0, 0.1) is 5.92 Å². The molecule has 16 heteroatoms. The fourth-order valence-corrected chi connectivity index (χ4v) is 7.94. The first kappa shape index (κ1) is 34.7.